The Balaban J connectivity index is 1.36. The predicted octanol–water partition coefficient (Wildman–Crippen LogP) is 6.43. The maximum Gasteiger partial charge on any atom is 0.116 e. The van der Waals surface area contributed by atoms with E-state index in [1.54, 1.807) is 5.82 Å². The molecule has 8 aliphatic rings. The van der Waals surface area contributed by atoms with Gasteiger partial charge in [-0.2, -0.15) is 0 Å². The average Bonchev–Trinajstić information content (AvgIpc) is 3.07. The van der Waals surface area contributed by atoms with Gasteiger partial charge in [0.1, 0.15) is 5.82 Å². The molecule has 2 nitrogen and oxygen atoms in total. The van der Waals surface area contributed by atoms with Gasteiger partial charge in [0.25, 0.3) is 0 Å². The zero-order valence-electron chi connectivity index (χ0n) is 17.7. The highest BCUT2D eigenvalue weighted by Gasteiger charge is 2.57. The molecule has 0 aliphatic heterocycles. The monoisotopic (exact) mass is 386 g/mol. The highest BCUT2D eigenvalue weighted by molar-refractivity contribution is 5.77. The number of para-hydroxylation sites is 2. The smallest absolute Gasteiger partial charge is 0.116 e. The van der Waals surface area contributed by atoms with Gasteiger partial charge in [0.15, 0.2) is 0 Å². The van der Waals surface area contributed by atoms with Gasteiger partial charge in [-0.15, -0.1) is 0 Å². The lowest BCUT2D eigenvalue weighted by Gasteiger charge is -2.60. The summed E-state index contributed by atoms with van der Waals surface area (Å²) in [5, 5.41) is 0. The summed E-state index contributed by atoms with van der Waals surface area (Å²) in [6, 6.07) is 9.19. The zero-order valence-corrected chi connectivity index (χ0v) is 17.7. The first-order chi connectivity index (χ1) is 14.2. The van der Waals surface area contributed by atoms with Gasteiger partial charge in [-0.05, 0) is 125 Å². The van der Waals surface area contributed by atoms with Crippen LogP contribution in [0.25, 0.3) is 11.0 Å². The molecule has 0 saturated heterocycles. The number of imidazole rings is 1. The van der Waals surface area contributed by atoms with Crippen LogP contribution in [0.5, 0.6) is 0 Å². The van der Waals surface area contributed by atoms with Crippen molar-refractivity contribution in [2.45, 2.75) is 88.0 Å². The Morgan fingerprint density at radius 3 is 1.69 bits per heavy atom. The fourth-order valence-electron chi connectivity index (χ4n) is 10.6. The molecule has 1 aromatic heterocycles. The largest absolute Gasteiger partial charge is 0.321 e. The maximum atomic E-state index is 5.52. The first-order valence-corrected chi connectivity index (χ1v) is 12.7. The lowest BCUT2D eigenvalue weighted by atomic mass is 9.49. The van der Waals surface area contributed by atoms with E-state index in [1.165, 1.54) is 88.1 Å². The van der Waals surface area contributed by atoms with Crippen molar-refractivity contribution in [1.82, 2.24) is 9.55 Å². The molecule has 0 unspecified atom stereocenters. The predicted molar refractivity (Wildman–Crippen MR) is 116 cm³/mol. The zero-order chi connectivity index (χ0) is 18.8. The SMILES string of the molecule is c1ccc2c(c1)nc(C13CC4CC(CC(C4)C1)C3)n2C12CC3CC(CC(C3)C1)C2. The Morgan fingerprint density at radius 2 is 1.14 bits per heavy atom. The fraction of sp³-hybridized carbons (Fsp3) is 0.741. The molecule has 0 spiro atoms. The Hall–Kier alpha value is -1.31. The Labute approximate surface area is 174 Å². The number of hydrogen-bond acceptors (Lipinski definition) is 1. The molecular weight excluding hydrogens is 352 g/mol. The van der Waals surface area contributed by atoms with Crippen LogP contribution < -0.4 is 0 Å². The van der Waals surface area contributed by atoms with Crippen molar-refractivity contribution < 1.29 is 0 Å². The van der Waals surface area contributed by atoms with E-state index in [0.717, 1.165) is 35.5 Å². The van der Waals surface area contributed by atoms with Gasteiger partial charge >= 0.3 is 0 Å². The van der Waals surface area contributed by atoms with E-state index in [4.69, 9.17) is 4.98 Å². The number of nitrogens with zero attached hydrogens (tertiary/aromatic N) is 2. The lowest BCUT2D eigenvalue weighted by molar-refractivity contribution is -0.0528. The van der Waals surface area contributed by atoms with E-state index in [2.05, 4.69) is 28.8 Å². The Kier molecular flexibility index (Phi) is 2.99. The summed E-state index contributed by atoms with van der Waals surface area (Å²) < 4.78 is 2.93. The Bertz CT molecular complexity index is 927. The molecule has 0 amide bonds. The standard InChI is InChI=1S/C27H34N2/c1-2-4-24-23(3-1)28-25(26-11-17-5-18(12-26)7-19(6-17)13-26)29(24)27-14-20-8-21(15-27)10-22(9-20)16-27/h1-4,17-22H,5-16H2. The molecule has 1 aromatic carbocycles. The van der Waals surface area contributed by atoms with Gasteiger partial charge in [-0.3, -0.25) is 0 Å². The van der Waals surface area contributed by atoms with Gasteiger partial charge in [0, 0.05) is 11.0 Å². The molecule has 0 radical (unpaired) electrons. The minimum absolute atomic E-state index is 0.392. The van der Waals surface area contributed by atoms with Crippen molar-refractivity contribution in [3.63, 3.8) is 0 Å². The van der Waals surface area contributed by atoms with E-state index >= 15 is 0 Å². The molecule has 2 heteroatoms. The third kappa shape index (κ3) is 2.12. The van der Waals surface area contributed by atoms with Crippen LogP contribution in [-0.2, 0) is 11.0 Å². The lowest BCUT2D eigenvalue weighted by Crippen LogP contribution is -2.55. The van der Waals surface area contributed by atoms with Gasteiger partial charge < -0.3 is 4.57 Å². The van der Waals surface area contributed by atoms with Crippen molar-refractivity contribution in [3.05, 3.63) is 30.1 Å². The van der Waals surface area contributed by atoms with E-state index < -0.39 is 0 Å². The highest BCUT2D eigenvalue weighted by Crippen LogP contribution is 2.64. The molecule has 8 bridgehead atoms. The van der Waals surface area contributed by atoms with Crippen molar-refractivity contribution >= 4 is 11.0 Å². The van der Waals surface area contributed by atoms with Crippen LogP contribution in [0.3, 0.4) is 0 Å². The summed E-state index contributed by atoms with van der Waals surface area (Å²) in [5.41, 5.74) is 3.55. The van der Waals surface area contributed by atoms with Crippen molar-refractivity contribution in [1.29, 1.82) is 0 Å². The van der Waals surface area contributed by atoms with Crippen LogP contribution >= 0.6 is 0 Å². The van der Waals surface area contributed by atoms with Gasteiger partial charge in [-0.25, -0.2) is 4.98 Å². The molecule has 8 aliphatic carbocycles. The minimum Gasteiger partial charge on any atom is -0.321 e. The van der Waals surface area contributed by atoms with Gasteiger partial charge in [0.2, 0.25) is 0 Å². The summed E-state index contributed by atoms with van der Waals surface area (Å²) in [6.07, 6.45) is 17.8. The summed E-state index contributed by atoms with van der Waals surface area (Å²) >= 11 is 0. The fourth-order valence-corrected chi connectivity index (χ4v) is 10.6. The van der Waals surface area contributed by atoms with Gasteiger partial charge in [-0.1, -0.05) is 12.1 Å². The molecule has 8 saturated carbocycles. The second-order valence-electron chi connectivity index (χ2n) is 12.6. The number of fused-ring (bicyclic) bond motifs is 1. The molecule has 0 atom stereocenters. The summed E-state index contributed by atoms with van der Waals surface area (Å²) in [5.74, 6) is 7.51. The second-order valence-corrected chi connectivity index (χ2v) is 12.6. The van der Waals surface area contributed by atoms with Gasteiger partial charge in [0.05, 0.1) is 11.0 Å². The molecule has 1 heterocycles. The normalized spacial score (nSPS) is 49.4. The van der Waals surface area contributed by atoms with Crippen LogP contribution in [0.1, 0.15) is 82.9 Å². The molecular formula is C27H34N2. The third-order valence-electron chi connectivity index (χ3n) is 10.6. The molecule has 152 valence electrons. The van der Waals surface area contributed by atoms with Crippen molar-refractivity contribution in [3.8, 4) is 0 Å². The number of benzene rings is 1. The Morgan fingerprint density at radius 1 is 0.655 bits per heavy atom. The first kappa shape index (κ1) is 16.4. The summed E-state index contributed by atoms with van der Waals surface area (Å²) in [4.78, 5) is 5.52. The van der Waals surface area contributed by atoms with Crippen molar-refractivity contribution in [2.75, 3.05) is 0 Å². The van der Waals surface area contributed by atoms with Crippen LogP contribution in [0.4, 0.5) is 0 Å². The average molecular weight is 387 g/mol. The second kappa shape index (κ2) is 5.29. The van der Waals surface area contributed by atoms with Crippen molar-refractivity contribution in [2.24, 2.45) is 35.5 Å². The van der Waals surface area contributed by atoms with E-state index in [1.807, 2.05) is 0 Å². The summed E-state index contributed by atoms with van der Waals surface area (Å²) in [7, 11) is 0. The number of hydrogen-bond donors (Lipinski definition) is 0. The van der Waals surface area contributed by atoms with Crippen LogP contribution in [-0.4, -0.2) is 9.55 Å². The van der Waals surface area contributed by atoms with Crippen LogP contribution in [0.15, 0.2) is 24.3 Å². The molecule has 8 fully saturated rings. The molecule has 2 aromatic rings. The van der Waals surface area contributed by atoms with E-state index in [0.29, 0.717) is 11.0 Å². The molecule has 29 heavy (non-hydrogen) atoms. The highest BCUT2D eigenvalue weighted by atomic mass is 15.2. The minimum atomic E-state index is 0.392. The van der Waals surface area contributed by atoms with Crippen LogP contribution in [0, 0.1) is 35.5 Å². The number of rotatable bonds is 2. The third-order valence-corrected chi connectivity index (χ3v) is 10.6. The quantitative estimate of drug-likeness (QED) is 0.581. The molecule has 0 N–H and O–H groups in total. The molecule has 10 rings (SSSR count). The number of aromatic nitrogens is 2. The topological polar surface area (TPSA) is 17.8 Å². The van der Waals surface area contributed by atoms with E-state index in [9.17, 15) is 0 Å². The van der Waals surface area contributed by atoms with Crippen LogP contribution in [0.2, 0.25) is 0 Å². The summed E-state index contributed by atoms with van der Waals surface area (Å²) in [6.45, 7) is 0. The maximum absolute atomic E-state index is 5.52. The van der Waals surface area contributed by atoms with E-state index in [-0.39, 0.29) is 0 Å². The first-order valence-electron chi connectivity index (χ1n) is 12.7.